The van der Waals surface area contributed by atoms with Crippen LogP contribution in [0.5, 0.6) is 0 Å². The molecule has 1 aromatic heterocycles. The zero-order chi connectivity index (χ0) is 10.8. The summed E-state index contributed by atoms with van der Waals surface area (Å²) in [6.45, 7) is 2.83. The summed E-state index contributed by atoms with van der Waals surface area (Å²) in [6.07, 6.45) is 4.20. The highest BCUT2D eigenvalue weighted by Gasteiger charge is 2.24. The lowest BCUT2D eigenvalue weighted by Crippen LogP contribution is -2.22. The van der Waals surface area contributed by atoms with Gasteiger partial charge in [-0.2, -0.15) is 5.26 Å². The minimum atomic E-state index is 0.559. The summed E-state index contributed by atoms with van der Waals surface area (Å²) in [5.74, 6) is 2.26. The SMILES string of the molecule is Cc1ncc(C#N)c(N(C)CC2CC2)n1. The van der Waals surface area contributed by atoms with Crippen molar-refractivity contribution >= 4 is 5.82 Å². The predicted molar refractivity (Wildman–Crippen MR) is 57.5 cm³/mol. The topological polar surface area (TPSA) is 52.8 Å². The molecule has 1 heterocycles. The molecule has 15 heavy (non-hydrogen) atoms. The Bertz CT molecular complexity index is 404. The second-order valence-electron chi connectivity index (χ2n) is 4.09. The Morgan fingerprint density at radius 2 is 2.33 bits per heavy atom. The Kier molecular flexibility index (Phi) is 2.55. The maximum absolute atomic E-state index is 8.95. The van der Waals surface area contributed by atoms with E-state index in [-0.39, 0.29) is 0 Å². The van der Waals surface area contributed by atoms with Crippen molar-refractivity contribution in [2.24, 2.45) is 5.92 Å². The molecule has 0 N–H and O–H groups in total. The molecule has 0 aromatic carbocycles. The van der Waals surface area contributed by atoms with Crippen molar-refractivity contribution in [1.29, 1.82) is 5.26 Å². The summed E-state index contributed by atoms with van der Waals surface area (Å²) in [4.78, 5) is 10.4. The Labute approximate surface area is 89.6 Å². The molecule has 1 aliphatic rings. The van der Waals surface area contributed by atoms with E-state index >= 15 is 0 Å². The minimum Gasteiger partial charge on any atom is -0.358 e. The van der Waals surface area contributed by atoms with Crippen LogP contribution in [-0.4, -0.2) is 23.6 Å². The normalized spacial score (nSPS) is 14.7. The van der Waals surface area contributed by atoms with Crippen LogP contribution in [0.25, 0.3) is 0 Å². The number of rotatable bonds is 3. The molecule has 78 valence electrons. The summed E-state index contributed by atoms with van der Waals surface area (Å²) in [5.41, 5.74) is 0.559. The summed E-state index contributed by atoms with van der Waals surface area (Å²) < 4.78 is 0. The highest BCUT2D eigenvalue weighted by molar-refractivity contribution is 5.52. The summed E-state index contributed by atoms with van der Waals surface area (Å²) >= 11 is 0. The number of nitrogens with zero attached hydrogens (tertiary/aromatic N) is 4. The Morgan fingerprint density at radius 1 is 1.60 bits per heavy atom. The average Bonchev–Trinajstić information content (AvgIpc) is 3.01. The van der Waals surface area contributed by atoms with Crippen LogP contribution in [0.2, 0.25) is 0 Å². The highest BCUT2D eigenvalue weighted by Crippen LogP contribution is 2.30. The fourth-order valence-electron chi connectivity index (χ4n) is 1.60. The lowest BCUT2D eigenvalue weighted by atomic mass is 10.3. The van der Waals surface area contributed by atoms with Crippen molar-refractivity contribution in [3.05, 3.63) is 17.6 Å². The second-order valence-corrected chi connectivity index (χ2v) is 4.09. The van der Waals surface area contributed by atoms with Gasteiger partial charge in [0.25, 0.3) is 0 Å². The number of aromatic nitrogens is 2. The fraction of sp³-hybridized carbons (Fsp3) is 0.545. The largest absolute Gasteiger partial charge is 0.358 e. The van der Waals surface area contributed by atoms with Crippen LogP contribution in [0.4, 0.5) is 5.82 Å². The van der Waals surface area contributed by atoms with E-state index in [9.17, 15) is 0 Å². The van der Waals surface area contributed by atoms with E-state index in [1.165, 1.54) is 12.8 Å². The van der Waals surface area contributed by atoms with Crippen LogP contribution in [0.15, 0.2) is 6.20 Å². The van der Waals surface area contributed by atoms with Crippen molar-refractivity contribution < 1.29 is 0 Å². The van der Waals surface area contributed by atoms with Gasteiger partial charge in [-0.15, -0.1) is 0 Å². The lowest BCUT2D eigenvalue weighted by Gasteiger charge is -2.18. The van der Waals surface area contributed by atoms with Gasteiger partial charge in [0.15, 0.2) is 0 Å². The Hall–Kier alpha value is -1.63. The van der Waals surface area contributed by atoms with Crippen LogP contribution in [0.1, 0.15) is 24.2 Å². The molecule has 1 saturated carbocycles. The van der Waals surface area contributed by atoms with E-state index in [1.807, 2.05) is 14.0 Å². The summed E-state index contributed by atoms with van der Waals surface area (Å²) in [5, 5.41) is 8.95. The summed E-state index contributed by atoms with van der Waals surface area (Å²) in [6, 6.07) is 2.13. The van der Waals surface area contributed by atoms with Crippen LogP contribution in [0.3, 0.4) is 0 Å². The molecular formula is C11H14N4. The molecule has 1 aliphatic carbocycles. The highest BCUT2D eigenvalue weighted by atomic mass is 15.2. The number of anilines is 1. The molecule has 4 heteroatoms. The molecule has 0 bridgehead atoms. The van der Waals surface area contributed by atoms with Crippen molar-refractivity contribution in [1.82, 2.24) is 9.97 Å². The zero-order valence-electron chi connectivity index (χ0n) is 9.06. The molecular weight excluding hydrogens is 188 g/mol. The predicted octanol–water partition coefficient (Wildman–Crippen LogP) is 1.50. The lowest BCUT2D eigenvalue weighted by molar-refractivity contribution is 0.771. The van der Waals surface area contributed by atoms with Gasteiger partial charge >= 0.3 is 0 Å². The Balaban J connectivity index is 2.23. The van der Waals surface area contributed by atoms with Crippen molar-refractivity contribution in [3.63, 3.8) is 0 Å². The van der Waals surface area contributed by atoms with Gasteiger partial charge < -0.3 is 4.90 Å². The van der Waals surface area contributed by atoms with E-state index < -0.39 is 0 Å². The van der Waals surface area contributed by atoms with E-state index in [1.54, 1.807) is 6.20 Å². The van der Waals surface area contributed by atoms with Crippen LogP contribution >= 0.6 is 0 Å². The molecule has 0 atom stereocenters. The molecule has 0 saturated heterocycles. The van der Waals surface area contributed by atoms with E-state index in [0.29, 0.717) is 11.4 Å². The first kappa shape index (κ1) is 9.91. The third-order valence-corrected chi connectivity index (χ3v) is 2.60. The number of nitriles is 1. The monoisotopic (exact) mass is 202 g/mol. The van der Waals surface area contributed by atoms with Gasteiger partial charge in [-0.1, -0.05) is 0 Å². The maximum atomic E-state index is 8.95. The second kappa shape index (κ2) is 3.85. The van der Waals surface area contributed by atoms with Crippen molar-refractivity contribution in [3.8, 4) is 6.07 Å². The van der Waals surface area contributed by atoms with Gasteiger partial charge in [-0.25, -0.2) is 9.97 Å². The van der Waals surface area contributed by atoms with Crippen molar-refractivity contribution in [2.75, 3.05) is 18.5 Å². The summed E-state index contributed by atoms with van der Waals surface area (Å²) in [7, 11) is 1.99. The third kappa shape index (κ3) is 2.24. The first-order chi connectivity index (χ1) is 7.20. The first-order valence-electron chi connectivity index (χ1n) is 5.15. The molecule has 0 amide bonds. The van der Waals surface area contributed by atoms with Crippen LogP contribution < -0.4 is 4.90 Å². The van der Waals surface area contributed by atoms with Gasteiger partial charge in [0, 0.05) is 13.6 Å². The van der Waals surface area contributed by atoms with Gasteiger partial charge in [-0.3, -0.25) is 0 Å². The zero-order valence-corrected chi connectivity index (χ0v) is 9.06. The minimum absolute atomic E-state index is 0.559. The molecule has 0 radical (unpaired) electrons. The van der Waals surface area contributed by atoms with E-state index in [2.05, 4.69) is 20.9 Å². The van der Waals surface area contributed by atoms with Gasteiger partial charge in [0.1, 0.15) is 23.3 Å². The molecule has 1 aromatic rings. The molecule has 0 unspecified atom stereocenters. The first-order valence-corrected chi connectivity index (χ1v) is 5.15. The Morgan fingerprint density at radius 3 is 2.93 bits per heavy atom. The number of hydrogen-bond acceptors (Lipinski definition) is 4. The van der Waals surface area contributed by atoms with Crippen molar-refractivity contribution in [2.45, 2.75) is 19.8 Å². The smallest absolute Gasteiger partial charge is 0.150 e. The van der Waals surface area contributed by atoms with E-state index in [4.69, 9.17) is 5.26 Å². The average molecular weight is 202 g/mol. The van der Waals surface area contributed by atoms with Crippen LogP contribution in [-0.2, 0) is 0 Å². The molecule has 1 fully saturated rings. The molecule has 2 rings (SSSR count). The quantitative estimate of drug-likeness (QED) is 0.745. The maximum Gasteiger partial charge on any atom is 0.150 e. The van der Waals surface area contributed by atoms with Gasteiger partial charge in [0.05, 0.1) is 6.20 Å². The molecule has 4 nitrogen and oxygen atoms in total. The third-order valence-electron chi connectivity index (χ3n) is 2.60. The molecule has 0 spiro atoms. The van der Waals surface area contributed by atoms with E-state index in [0.717, 1.165) is 18.3 Å². The number of hydrogen-bond donors (Lipinski definition) is 0. The van der Waals surface area contributed by atoms with Gasteiger partial charge in [-0.05, 0) is 25.7 Å². The molecule has 0 aliphatic heterocycles. The van der Waals surface area contributed by atoms with Crippen LogP contribution in [0, 0.1) is 24.2 Å². The fourth-order valence-corrected chi connectivity index (χ4v) is 1.60. The number of aryl methyl sites for hydroxylation is 1. The standard InChI is InChI=1S/C11H14N4/c1-8-13-6-10(5-12)11(14-8)15(2)7-9-3-4-9/h6,9H,3-4,7H2,1-2H3. The van der Waals surface area contributed by atoms with Gasteiger partial charge in [0.2, 0.25) is 0 Å².